The molecule has 236 valence electrons. The van der Waals surface area contributed by atoms with E-state index in [4.69, 9.17) is 14.6 Å². The minimum absolute atomic E-state index is 0.134. The zero-order valence-corrected chi connectivity index (χ0v) is 23.5. The zero-order chi connectivity index (χ0) is 32.0. The lowest BCUT2D eigenvalue weighted by atomic mass is 9.83. The minimum atomic E-state index is -5.08. The summed E-state index contributed by atoms with van der Waals surface area (Å²) in [5, 5.41) is 6.63. The van der Waals surface area contributed by atoms with E-state index >= 15 is 0 Å². The van der Waals surface area contributed by atoms with Crippen LogP contribution in [0.25, 0.3) is 0 Å². The van der Waals surface area contributed by atoms with E-state index in [1.165, 1.54) is 18.2 Å². The van der Waals surface area contributed by atoms with Crippen LogP contribution in [0.4, 0.5) is 36.6 Å². The molecule has 0 radical (unpaired) electrons. The van der Waals surface area contributed by atoms with Crippen LogP contribution >= 0.6 is 0 Å². The van der Waals surface area contributed by atoms with E-state index in [1.807, 2.05) is 11.8 Å². The molecule has 16 heteroatoms. The van der Waals surface area contributed by atoms with Gasteiger partial charge in [0.15, 0.2) is 15.6 Å². The van der Waals surface area contributed by atoms with Crippen LogP contribution in [0, 0.1) is 11.2 Å². The van der Waals surface area contributed by atoms with Gasteiger partial charge in [-0.3, -0.25) is 4.79 Å². The Balaban J connectivity index is 0.000000541. The smallest absolute Gasteiger partial charge is 0.490 e. The SMILES string of the molecule is CC1(COc2cc(F)c(C(=O)CS(=O)(=O)C3CC3)cc2C2CC2)CN(c2ccc(C(F)(F)F)cn2)C1.O=C(O)C(F)(F)F. The molecule has 0 amide bonds. The molecule has 1 aromatic heterocycles. The van der Waals surface area contributed by atoms with Crippen molar-refractivity contribution in [2.45, 2.75) is 56.1 Å². The second kappa shape index (κ2) is 11.6. The number of ether oxygens (including phenoxy) is 1. The molecule has 0 spiro atoms. The Morgan fingerprint density at radius 3 is 2.14 bits per heavy atom. The normalized spacial score (nSPS) is 18.3. The first-order valence-corrected chi connectivity index (χ1v) is 14.8. The Morgan fingerprint density at radius 2 is 1.67 bits per heavy atom. The Bertz CT molecular complexity index is 1480. The van der Waals surface area contributed by atoms with Crippen molar-refractivity contribution in [1.29, 1.82) is 0 Å². The number of carboxylic acid groups (broad SMARTS) is 1. The predicted molar refractivity (Wildman–Crippen MR) is 138 cm³/mol. The van der Waals surface area contributed by atoms with Gasteiger partial charge in [0, 0.05) is 30.8 Å². The fraction of sp³-hybridized carbons (Fsp3) is 0.519. The highest BCUT2D eigenvalue weighted by molar-refractivity contribution is 7.93. The van der Waals surface area contributed by atoms with Crippen molar-refractivity contribution < 1.29 is 58.6 Å². The van der Waals surface area contributed by atoms with Crippen molar-refractivity contribution in [2.75, 3.05) is 30.3 Å². The van der Waals surface area contributed by atoms with Crippen LogP contribution in [0.5, 0.6) is 5.75 Å². The number of rotatable bonds is 9. The van der Waals surface area contributed by atoms with E-state index < -0.39 is 56.3 Å². The standard InChI is InChI=1S/C25H26F4N2O4S.C2HF3O2/c1-24(12-31(13-24)23-7-4-16(10-30-23)25(27,28)29)14-35-22-9-20(26)19(8-18(22)15-2-3-15)21(32)11-36(33,34)17-5-6-17;3-2(4,5)1(6)7/h4,7-10,15,17H,2-3,5-6,11-14H2,1H3;(H,6,7). The summed E-state index contributed by atoms with van der Waals surface area (Å²) >= 11 is 0. The van der Waals surface area contributed by atoms with Gasteiger partial charge in [0.25, 0.3) is 0 Å². The summed E-state index contributed by atoms with van der Waals surface area (Å²) in [6, 6.07) is 4.94. The Morgan fingerprint density at radius 1 is 1.07 bits per heavy atom. The summed E-state index contributed by atoms with van der Waals surface area (Å²) in [5.74, 6) is -4.08. The number of carbonyl (C=O) groups excluding carboxylic acids is 1. The molecule has 1 N–H and O–H groups in total. The van der Waals surface area contributed by atoms with Crippen LogP contribution in [0.1, 0.15) is 60.0 Å². The summed E-state index contributed by atoms with van der Waals surface area (Å²) in [6.07, 6.45) is -5.87. The quantitative estimate of drug-likeness (QED) is 0.286. The third-order valence-corrected chi connectivity index (χ3v) is 9.30. The van der Waals surface area contributed by atoms with Gasteiger partial charge < -0.3 is 14.7 Å². The van der Waals surface area contributed by atoms with Crippen LogP contribution in [-0.4, -0.2) is 67.1 Å². The molecule has 2 aromatic rings. The molecular formula is C27H27F7N2O6S. The lowest BCUT2D eigenvalue weighted by Gasteiger charge is -2.48. The molecule has 0 atom stereocenters. The molecular weight excluding hydrogens is 613 g/mol. The number of ketones is 1. The second-order valence-electron chi connectivity index (χ2n) is 11.2. The number of halogens is 7. The van der Waals surface area contributed by atoms with Gasteiger partial charge in [-0.25, -0.2) is 22.6 Å². The van der Waals surface area contributed by atoms with Gasteiger partial charge in [-0.2, -0.15) is 26.3 Å². The maximum Gasteiger partial charge on any atom is 0.490 e. The minimum Gasteiger partial charge on any atom is -0.492 e. The average Bonchev–Trinajstić information content (AvgIpc) is 3.78. The number of hydrogen-bond acceptors (Lipinski definition) is 7. The van der Waals surface area contributed by atoms with Crippen LogP contribution in [0.2, 0.25) is 0 Å². The molecule has 5 rings (SSSR count). The van der Waals surface area contributed by atoms with E-state index in [1.54, 1.807) is 0 Å². The number of alkyl halides is 6. The summed E-state index contributed by atoms with van der Waals surface area (Å²) in [7, 11) is -3.56. The monoisotopic (exact) mass is 640 g/mol. The first-order chi connectivity index (χ1) is 19.8. The van der Waals surface area contributed by atoms with Crippen molar-refractivity contribution in [1.82, 2.24) is 4.98 Å². The molecule has 3 fully saturated rings. The zero-order valence-electron chi connectivity index (χ0n) is 22.6. The van der Waals surface area contributed by atoms with E-state index in [-0.39, 0.29) is 23.5 Å². The highest BCUT2D eigenvalue weighted by Crippen LogP contribution is 2.46. The highest BCUT2D eigenvalue weighted by atomic mass is 32.2. The molecule has 2 aliphatic carbocycles. The number of hydrogen-bond donors (Lipinski definition) is 1. The van der Waals surface area contributed by atoms with Gasteiger partial charge >= 0.3 is 18.3 Å². The van der Waals surface area contributed by atoms with Crippen molar-refractivity contribution >= 4 is 27.4 Å². The molecule has 8 nitrogen and oxygen atoms in total. The van der Waals surface area contributed by atoms with Gasteiger partial charge in [-0.1, -0.05) is 6.92 Å². The van der Waals surface area contributed by atoms with Crippen LogP contribution < -0.4 is 9.64 Å². The molecule has 0 bridgehead atoms. The third kappa shape index (κ3) is 8.15. The molecule has 1 aliphatic heterocycles. The molecule has 2 saturated carbocycles. The summed E-state index contributed by atoms with van der Waals surface area (Å²) in [4.78, 5) is 27.3. The van der Waals surface area contributed by atoms with E-state index in [0.29, 0.717) is 43.1 Å². The highest BCUT2D eigenvalue weighted by Gasteiger charge is 2.42. The summed E-state index contributed by atoms with van der Waals surface area (Å²) in [6.45, 7) is 3.21. The molecule has 2 heterocycles. The summed E-state index contributed by atoms with van der Waals surface area (Å²) < 4.78 is 115. The number of Topliss-reactive ketones (excluding diaryl/α,β-unsaturated/α-hetero) is 1. The van der Waals surface area contributed by atoms with Gasteiger partial charge in [-0.15, -0.1) is 0 Å². The van der Waals surface area contributed by atoms with Crippen molar-refractivity contribution in [2.24, 2.45) is 5.41 Å². The topological polar surface area (TPSA) is 114 Å². The number of carboxylic acids is 1. The number of carbonyl (C=O) groups is 2. The Kier molecular flexibility index (Phi) is 8.75. The van der Waals surface area contributed by atoms with Gasteiger partial charge in [0.05, 0.1) is 23.0 Å². The van der Waals surface area contributed by atoms with Crippen molar-refractivity contribution in [3.05, 3.63) is 53.0 Å². The van der Waals surface area contributed by atoms with Crippen LogP contribution in [0.3, 0.4) is 0 Å². The molecule has 0 unspecified atom stereocenters. The number of aromatic nitrogens is 1. The van der Waals surface area contributed by atoms with E-state index in [0.717, 1.165) is 25.1 Å². The molecule has 3 aliphatic rings. The van der Waals surface area contributed by atoms with E-state index in [2.05, 4.69) is 4.98 Å². The number of sulfone groups is 1. The van der Waals surface area contributed by atoms with Gasteiger partial charge in [-0.05, 0) is 55.4 Å². The lowest BCUT2D eigenvalue weighted by Crippen LogP contribution is -2.58. The predicted octanol–water partition coefficient (Wildman–Crippen LogP) is 5.42. The van der Waals surface area contributed by atoms with Crippen LogP contribution in [0.15, 0.2) is 30.5 Å². The van der Waals surface area contributed by atoms with Gasteiger partial charge in [0.1, 0.15) is 23.1 Å². The number of nitrogens with zero attached hydrogens (tertiary/aromatic N) is 2. The third-order valence-electron chi connectivity index (χ3n) is 7.14. The molecule has 43 heavy (non-hydrogen) atoms. The number of pyridine rings is 1. The fourth-order valence-corrected chi connectivity index (χ4v) is 6.16. The Labute approximate surface area is 241 Å². The second-order valence-corrected chi connectivity index (χ2v) is 13.5. The maximum absolute atomic E-state index is 14.9. The van der Waals surface area contributed by atoms with Gasteiger partial charge in [0.2, 0.25) is 0 Å². The Hall–Kier alpha value is -3.43. The van der Waals surface area contributed by atoms with Crippen LogP contribution in [-0.2, 0) is 20.8 Å². The first kappa shape index (κ1) is 32.5. The van der Waals surface area contributed by atoms with Crippen molar-refractivity contribution in [3.63, 3.8) is 0 Å². The lowest BCUT2D eigenvalue weighted by molar-refractivity contribution is -0.192. The first-order valence-electron chi connectivity index (χ1n) is 13.1. The average molecular weight is 641 g/mol. The number of benzene rings is 1. The number of anilines is 1. The molecule has 1 aromatic carbocycles. The van der Waals surface area contributed by atoms with Crippen molar-refractivity contribution in [3.8, 4) is 5.75 Å². The number of aliphatic carboxylic acids is 1. The summed E-state index contributed by atoms with van der Waals surface area (Å²) in [5.41, 5.74) is -0.649. The maximum atomic E-state index is 14.9. The van der Waals surface area contributed by atoms with E-state index in [9.17, 15) is 43.9 Å². The fourth-order valence-electron chi connectivity index (χ4n) is 4.55. The molecule has 1 saturated heterocycles. The largest absolute Gasteiger partial charge is 0.492 e.